The third-order valence-electron chi connectivity index (χ3n) is 3.96. The molecule has 20 heavy (non-hydrogen) atoms. The molecule has 2 rings (SSSR count). The van der Waals surface area contributed by atoms with Crippen LogP contribution in [0, 0.1) is 0 Å². The average molecular weight is 277 g/mol. The zero-order chi connectivity index (χ0) is 14.4. The summed E-state index contributed by atoms with van der Waals surface area (Å²) in [5, 5.41) is 13.1. The number of nitrogens with one attached hydrogen (secondary N) is 1. The van der Waals surface area contributed by atoms with Gasteiger partial charge in [0.15, 0.2) is 0 Å². The van der Waals surface area contributed by atoms with Gasteiger partial charge in [-0.05, 0) is 25.3 Å². The Labute approximate surface area is 120 Å². The molecule has 1 aromatic carbocycles. The van der Waals surface area contributed by atoms with E-state index in [9.17, 15) is 9.90 Å². The van der Waals surface area contributed by atoms with Gasteiger partial charge in [0.25, 0.3) is 0 Å². The molecule has 1 fully saturated rings. The molecule has 1 aliphatic heterocycles. The molecule has 2 atom stereocenters. The van der Waals surface area contributed by atoms with Gasteiger partial charge < -0.3 is 15.2 Å². The minimum atomic E-state index is -0.908. The topological polar surface area (TPSA) is 58.6 Å². The summed E-state index contributed by atoms with van der Waals surface area (Å²) < 4.78 is 5.34. The zero-order valence-corrected chi connectivity index (χ0v) is 12.0. The molecule has 0 radical (unpaired) electrons. The van der Waals surface area contributed by atoms with E-state index in [0.717, 1.165) is 12.8 Å². The molecule has 4 nitrogen and oxygen atoms in total. The Bertz CT molecular complexity index is 435. The van der Waals surface area contributed by atoms with Gasteiger partial charge in [-0.15, -0.1) is 0 Å². The van der Waals surface area contributed by atoms with E-state index in [1.807, 2.05) is 25.1 Å². The van der Waals surface area contributed by atoms with E-state index in [-0.39, 0.29) is 18.6 Å². The van der Waals surface area contributed by atoms with Crippen molar-refractivity contribution >= 4 is 5.91 Å². The van der Waals surface area contributed by atoms with Crippen LogP contribution in [0.1, 0.15) is 31.7 Å². The predicted octanol–water partition coefficient (Wildman–Crippen LogP) is 1.67. The second-order valence-electron chi connectivity index (χ2n) is 5.48. The number of hydrogen-bond donors (Lipinski definition) is 2. The molecule has 2 N–H and O–H groups in total. The fourth-order valence-corrected chi connectivity index (χ4v) is 2.44. The standard InChI is InChI=1S/C16H23NO3/c1-13-16(19,10-11-20-13)12-17-15(18)9-5-8-14-6-3-2-4-7-14/h2-4,6-7,13,19H,5,8-12H2,1H3,(H,17,18)/t13-,16-/m1/s1. The molecule has 4 heteroatoms. The first kappa shape index (κ1) is 15.0. The monoisotopic (exact) mass is 277 g/mol. The van der Waals surface area contributed by atoms with Crippen molar-refractivity contribution in [3.05, 3.63) is 35.9 Å². The fraction of sp³-hybridized carbons (Fsp3) is 0.562. The number of hydrogen-bond acceptors (Lipinski definition) is 3. The Morgan fingerprint density at radius 3 is 2.85 bits per heavy atom. The smallest absolute Gasteiger partial charge is 0.220 e. The molecule has 0 aliphatic carbocycles. The van der Waals surface area contributed by atoms with Crippen molar-refractivity contribution in [1.29, 1.82) is 0 Å². The van der Waals surface area contributed by atoms with Crippen LogP contribution in [0.2, 0.25) is 0 Å². The Balaban J connectivity index is 1.66. The lowest BCUT2D eigenvalue weighted by atomic mass is 9.96. The first-order valence-electron chi connectivity index (χ1n) is 7.25. The Morgan fingerprint density at radius 1 is 1.45 bits per heavy atom. The number of aliphatic hydroxyl groups is 1. The SMILES string of the molecule is C[C@H]1OCC[C@@]1(O)CNC(=O)CCCc1ccccc1. The first-order chi connectivity index (χ1) is 9.60. The van der Waals surface area contributed by atoms with E-state index in [1.54, 1.807) is 0 Å². The highest BCUT2D eigenvalue weighted by Crippen LogP contribution is 2.24. The molecule has 1 aliphatic rings. The summed E-state index contributed by atoms with van der Waals surface area (Å²) in [6.07, 6.45) is 2.57. The van der Waals surface area contributed by atoms with E-state index < -0.39 is 5.60 Å². The molecule has 110 valence electrons. The number of carbonyl (C=O) groups excluding carboxylic acids is 1. The second kappa shape index (κ2) is 6.86. The highest BCUT2D eigenvalue weighted by molar-refractivity contribution is 5.75. The lowest BCUT2D eigenvalue weighted by molar-refractivity contribution is -0.123. The van der Waals surface area contributed by atoms with Gasteiger partial charge in [0.1, 0.15) is 5.60 Å². The molecular weight excluding hydrogens is 254 g/mol. The summed E-state index contributed by atoms with van der Waals surface area (Å²) in [6.45, 7) is 2.68. The summed E-state index contributed by atoms with van der Waals surface area (Å²) in [5.41, 5.74) is 0.339. The van der Waals surface area contributed by atoms with Crippen LogP contribution in [-0.4, -0.2) is 35.9 Å². The Morgan fingerprint density at radius 2 is 2.20 bits per heavy atom. The van der Waals surface area contributed by atoms with Gasteiger partial charge in [-0.25, -0.2) is 0 Å². The van der Waals surface area contributed by atoms with Gasteiger partial charge in [0.05, 0.1) is 6.10 Å². The normalized spacial score (nSPS) is 25.6. The predicted molar refractivity (Wildman–Crippen MR) is 77.4 cm³/mol. The van der Waals surface area contributed by atoms with Crippen LogP contribution in [0.3, 0.4) is 0 Å². The van der Waals surface area contributed by atoms with Gasteiger partial charge in [-0.3, -0.25) is 4.79 Å². The van der Waals surface area contributed by atoms with Crippen molar-refractivity contribution in [3.8, 4) is 0 Å². The molecule has 0 spiro atoms. The molecule has 1 amide bonds. The summed E-state index contributed by atoms with van der Waals surface area (Å²) in [7, 11) is 0. The lowest BCUT2D eigenvalue weighted by Gasteiger charge is -2.26. The second-order valence-corrected chi connectivity index (χ2v) is 5.48. The van der Waals surface area contributed by atoms with Crippen LogP contribution in [0.5, 0.6) is 0 Å². The largest absolute Gasteiger partial charge is 0.385 e. The first-order valence-corrected chi connectivity index (χ1v) is 7.25. The number of carbonyl (C=O) groups is 1. The third-order valence-corrected chi connectivity index (χ3v) is 3.96. The molecule has 0 unspecified atom stereocenters. The van der Waals surface area contributed by atoms with Crippen molar-refractivity contribution in [2.24, 2.45) is 0 Å². The summed E-state index contributed by atoms with van der Waals surface area (Å²) in [5.74, 6) is -0.00606. The van der Waals surface area contributed by atoms with E-state index in [2.05, 4.69) is 17.4 Å². The maximum absolute atomic E-state index is 11.8. The summed E-state index contributed by atoms with van der Waals surface area (Å²) in [6, 6.07) is 10.1. The number of amides is 1. The Kier molecular flexibility index (Phi) is 5.15. The van der Waals surface area contributed by atoms with Crippen LogP contribution < -0.4 is 5.32 Å². The number of ether oxygens (including phenoxy) is 1. The minimum Gasteiger partial charge on any atom is -0.385 e. The van der Waals surface area contributed by atoms with Crippen LogP contribution in [0.25, 0.3) is 0 Å². The molecule has 0 bridgehead atoms. The number of rotatable bonds is 6. The lowest BCUT2D eigenvalue weighted by Crippen LogP contribution is -2.47. The van der Waals surface area contributed by atoms with Crippen LogP contribution in [0.4, 0.5) is 0 Å². The molecule has 0 aromatic heterocycles. The maximum atomic E-state index is 11.8. The van der Waals surface area contributed by atoms with Crippen LogP contribution in [0.15, 0.2) is 30.3 Å². The van der Waals surface area contributed by atoms with Crippen molar-refractivity contribution in [1.82, 2.24) is 5.32 Å². The van der Waals surface area contributed by atoms with E-state index in [0.29, 0.717) is 19.4 Å². The highest BCUT2D eigenvalue weighted by atomic mass is 16.5. The average Bonchev–Trinajstić information content (AvgIpc) is 2.78. The molecular formula is C16H23NO3. The van der Waals surface area contributed by atoms with E-state index in [1.165, 1.54) is 5.56 Å². The van der Waals surface area contributed by atoms with Gasteiger partial charge in [0.2, 0.25) is 5.91 Å². The molecule has 1 aromatic rings. The van der Waals surface area contributed by atoms with Crippen molar-refractivity contribution in [2.45, 2.75) is 44.3 Å². The third kappa shape index (κ3) is 4.05. The van der Waals surface area contributed by atoms with Crippen molar-refractivity contribution < 1.29 is 14.6 Å². The van der Waals surface area contributed by atoms with Gasteiger partial charge >= 0.3 is 0 Å². The summed E-state index contributed by atoms with van der Waals surface area (Å²) in [4.78, 5) is 11.8. The van der Waals surface area contributed by atoms with Crippen LogP contribution in [-0.2, 0) is 16.0 Å². The van der Waals surface area contributed by atoms with E-state index in [4.69, 9.17) is 4.74 Å². The van der Waals surface area contributed by atoms with Crippen molar-refractivity contribution in [3.63, 3.8) is 0 Å². The van der Waals surface area contributed by atoms with Crippen LogP contribution >= 0.6 is 0 Å². The fourth-order valence-electron chi connectivity index (χ4n) is 2.44. The molecule has 1 heterocycles. The van der Waals surface area contributed by atoms with Crippen molar-refractivity contribution in [2.75, 3.05) is 13.2 Å². The van der Waals surface area contributed by atoms with Gasteiger partial charge in [-0.1, -0.05) is 30.3 Å². The quantitative estimate of drug-likeness (QED) is 0.831. The number of benzene rings is 1. The van der Waals surface area contributed by atoms with Gasteiger partial charge in [0, 0.05) is 26.0 Å². The van der Waals surface area contributed by atoms with Gasteiger partial charge in [-0.2, -0.15) is 0 Å². The highest BCUT2D eigenvalue weighted by Gasteiger charge is 2.39. The Hall–Kier alpha value is -1.39. The number of aryl methyl sites for hydroxylation is 1. The maximum Gasteiger partial charge on any atom is 0.220 e. The molecule has 1 saturated heterocycles. The van der Waals surface area contributed by atoms with E-state index >= 15 is 0 Å². The summed E-state index contributed by atoms with van der Waals surface area (Å²) >= 11 is 0. The minimum absolute atomic E-state index is 0.00606. The zero-order valence-electron chi connectivity index (χ0n) is 12.0. The molecule has 0 saturated carbocycles.